The highest BCUT2D eigenvalue weighted by molar-refractivity contribution is 5.80. The fourth-order valence-corrected chi connectivity index (χ4v) is 2.66. The van der Waals surface area contributed by atoms with Crippen molar-refractivity contribution in [2.24, 2.45) is 0 Å². The molecule has 25 heavy (non-hydrogen) atoms. The summed E-state index contributed by atoms with van der Waals surface area (Å²) in [6.07, 6.45) is -4.89. The van der Waals surface area contributed by atoms with Crippen LogP contribution in [0.4, 0.5) is 0 Å². The number of amides is 1. The van der Waals surface area contributed by atoms with Gasteiger partial charge < -0.3 is 14.9 Å². The zero-order chi connectivity index (χ0) is 17.8. The minimum atomic E-state index is -1.42. The van der Waals surface area contributed by atoms with Crippen molar-refractivity contribution in [3.63, 3.8) is 0 Å². The minimum Gasteiger partial charge on any atom is -0.387 e. The lowest BCUT2D eigenvalue weighted by Gasteiger charge is -2.14. The van der Waals surface area contributed by atoms with Crippen molar-refractivity contribution < 1.29 is 25.0 Å². The molecule has 1 amide bonds. The predicted molar refractivity (Wildman–Crippen MR) is 88.4 cm³/mol. The number of aliphatic hydroxyl groups is 2. The molecule has 3 rings (SSSR count). The lowest BCUT2D eigenvalue weighted by atomic mass is 10.0. The van der Waals surface area contributed by atoms with Gasteiger partial charge in [0.2, 0.25) is 0 Å². The van der Waals surface area contributed by atoms with E-state index in [0.29, 0.717) is 5.56 Å². The molecule has 1 aliphatic heterocycles. The Bertz CT molecular complexity index is 794. The van der Waals surface area contributed by atoms with E-state index in [2.05, 4.69) is 11.8 Å². The quantitative estimate of drug-likeness (QED) is 0.368. The van der Waals surface area contributed by atoms with Gasteiger partial charge in [-0.05, 0) is 29.8 Å². The second-order valence-corrected chi connectivity index (χ2v) is 5.67. The van der Waals surface area contributed by atoms with Crippen LogP contribution in [0.15, 0.2) is 54.6 Å². The highest BCUT2D eigenvalue weighted by Gasteiger charge is 2.46. The molecule has 2 aromatic rings. The number of carbonyl (C=O) groups excluding carboxylic acids is 1. The number of ether oxygens (including phenoxy) is 1. The Morgan fingerprint density at radius 3 is 2.12 bits per heavy atom. The van der Waals surface area contributed by atoms with Gasteiger partial charge in [0.25, 0.3) is 5.91 Å². The maximum atomic E-state index is 11.4. The van der Waals surface area contributed by atoms with Crippen LogP contribution in [-0.4, -0.2) is 39.6 Å². The molecule has 0 aliphatic carbocycles. The molecular formula is C19H17NO5. The Morgan fingerprint density at radius 1 is 0.920 bits per heavy atom. The molecule has 1 saturated heterocycles. The van der Waals surface area contributed by atoms with Crippen LogP contribution >= 0.6 is 0 Å². The van der Waals surface area contributed by atoms with Crippen LogP contribution < -0.4 is 5.48 Å². The van der Waals surface area contributed by atoms with E-state index >= 15 is 0 Å². The molecular weight excluding hydrogens is 322 g/mol. The summed E-state index contributed by atoms with van der Waals surface area (Å²) < 4.78 is 5.39. The van der Waals surface area contributed by atoms with Gasteiger partial charge in [-0.15, -0.1) is 0 Å². The molecule has 0 bridgehead atoms. The Labute approximate surface area is 144 Å². The summed E-state index contributed by atoms with van der Waals surface area (Å²) in [5.41, 5.74) is 3.71. The molecule has 128 valence electrons. The molecule has 1 heterocycles. The van der Waals surface area contributed by atoms with Crippen LogP contribution in [0, 0.1) is 11.8 Å². The fourth-order valence-electron chi connectivity index (χ4n) is 2.66. The molecule has 0 radical (unpaired) electrons. The van der Waals surface area contributed by atoms with Gasteiger partial charge in [-0.25, -0.2) is 5.48 Å². The zero-order valence-corrected chi connectivity index (χ0v) is 13.2. The van der Waals surface area contributed by atoms with Gasteiger partial charge in [0.05, 0.1) is 0 Å². The first kappa shape index (κ1) is 17.1. The minimum absolute atomic E-state index is 0.602. The van der Waals surface area contributed by atoms with Crippen molar-refractivity contribution in [3.8, 4) is 11.8 Å². The SMILES string of the molecule is O=C(NO)[C@@H]1O[C@@H](c2ccc(C#Cc3ccccc3)cc2)[C@@H](O)[C@H]1O. The molecule has 4 atom stereocenters. The van der Waals surface area contributed by atoms with Crippen LogP contribution in [-0.2, 0) is 9.53 Å². The van der Waals surface area contributed by atoms with E-state index < -0.39 is 30.3 Å². The average molecular weight is 339 g/mol. The maximum absolute atomic E-state index is 11.4. The Morgan fingerprint density at radius 2 is 1.52 bits per heavy atom. The van der Waals surface area contributed by atoms with E-state index in [0.717, 1.165) is 11.1 Å². The number of benzene rings is 2. The van der Waals surface area contributed by atoms with Crippen molar-refractivity contribution >= 4 is 5.91 Å². The van der Waals surface area contributed by atoms with E-state index in [4.69, 9.17) is 9.94 Å². The number of rotatable bonds is 2. The monoisotopic (exact) mass is 339 g/mol. The molecule has 6 nitrogen and oxygen atoms in total. The van der Waals surface area contributed by atoms with Gasteiger partial charge >= 0.3 is 0 Å². The number of aliphatic hydroxyl groups excluding tert-OH is 2. The molecule has 0 aromatic heterocycles. The summed E-state index contributed by atoms with van der Waals surface area (Å²) in [7, 11) is 0. The van der Waals surface area contributed by atoms with Gasteiger partial charge in [-0.2, -0.15) is 0 Å². The molecule has 0 saturated carbocycles. The summed E-state index contributed by atoms with van der Waals surface area (Å²) >= 11 is 0. The molecule has 0 unspecified atom stereocenters. The smallest absolute Gasteiger partial charge is 0.275 e. The Kier molecular flexibility index (Phi) is 5.12. The molecule has 0 spiro atoms. The Hall–Kier alpha value is -2.69. The van der Waals surface area contributed by atoms with Crippen molar-refractivity contribution in [1.29, 1.82) is 0 Å². The summed E-state index contributed by atoms with van der Waals surface area (Å²) in [5, 5.41) is 28.6. The number of hydrogen-bond donors (Lipinski definition) is 4. The highest BCUT2D eigenvalue weighted by atomic mass is 16.6. The van der Waals surface area contributed by atoms with Crippen LogP contribution in [0.5, 0.6) is 0 Å². The topological polar surface area (TPSA) is 99.0 Å². The molecule has 2 aromatic carbocycles. The lowest BCUT2D eigenvalue weighted by Crippen LogP contribution is -2.41. The van der Waals surface area contributed by atoms with E-state index in [1.54, 1.807) is 24.3 Å². The van der Waals surface area contributed by atoms with Crippen LogP contribution in [0.25, 0.3) is 0 Å². The Balaban J connectivity index is 1.75. The fraction of sp³-hybridized carbons (Fsp3) is 0.211. The number of hydrogen-bond acceptors (Lipinski definition) is 5. The molecule has 4 N–H and O–H groups in total. The van der Waals surface area contributed by atoms with Crippen LogP contribution in [0.3, 0.4) is 0 Å². The number of carbonyl (C=O) groups is 1. The second kappa shape index (κ2) is 7.47. The molecule has 1 aliphatic rings. The second-order valence-electron chi connectivity index (χ2n) is 5.67. The van der Waals surface area contributed by atoms with E-state index in [1.807, 2.05) is 30.3 Å². The number of nitrogens with one attached hydrogen (secondary N) is 1. The highest BCUT2D eigenvalue weighted by Crippen LogP contribution is 2.33. The predicted octanol–water partition coefficient (Wildman–Crippen LogP) is 0.753. The normalized spacial score (nSPS) is 25.1. The van der Waals surface area contributed by atoms with Gasteiger partial charge in [0.15, 0.2) is 6.10 Å². The van der Waals surface area contributed by atoms with Gasteiger partial charge in [0.1, 0.15) is 18.3 Å². The van der Waals surface area contributed by atoms with Gasteiger partial charge in [-0.1, -0.05) is 42.2 Å². The summed E-state index contributed by atoms with van der Waals surface area (Å²) in [5.74, 6) is 5.18. The maximum Gasteiger partial charge on any atom is 0.275 e. The summed E-state index contributed by atoms with van der Waals surface area (Å²) in [6.45, 7) is 0. The largest absolute Gasteiger partial charge is 0.387 e. The third-order valence-corrected chi connectivity index (χ3v) is 4.00. The van der Waals surface area contributed by atoms with Crippen LogP contribution in [0.2, 0.25) is 0 Å². The molecule has 6 heteroatoms. The van der Waals surface area contributed by atoms with E-state index in [9.17, 15) is 15.0 Å². The van der Waals surface area contributed by atoms with Crippen LogP contribution in [0.1, 0.15) is 22.8 Å². The first-order valence-corrected chi connectivity index (χ1v) is 7.72. The van der Waals surface area contributed by atoms with E-state index in [-0.39, 0.29) is 0 Å². The standard InChI is InChI=1S/C19H17NO5/c21-15-16(22)18(19(23)20-24)25-17(15)14-10-8-13(9-11-14)7-6-12-4-2-1-3-5-12/h1-5,8-11,15-18,21-22,24H,(H,20,23)/t15-,16+,17-,18+/m0/s1. The van der Waals surface area contributed by atoms with Crippen molar-refractivity contribution in [1.82, 2.24) is 5.48 Å². The summed E-state index contributed by atoms with van der Waals surface area (Å²) in [4.78, 5) is 11.4. The first-order valence-electron chi connectivity index (χ1n) is 7.72. The van der Waals surface area contributed by atoms with Gasteiger partial charge in [-0.3, -0.25) is 10.0 Å². The number of hydroxylamine groups is 1. The lowest BCUT2D eigenvalue weighted by molar-refractivity contribution is -0.144. The third-order valence-electron chi connectivity index (χ3n) is 4.00. The zero-order valence-electron chi connectivity index (χ0n) is 13.2. The van der Waals surface area contributed by atoms with Crippen molar-refractivity contribution in [2.45, 2.75) is 24.4 Å². The van der Waals surface area contributed by atoms with Gasteiger partial charge in [0, 0.05) is 11.1 Å². The third kappa shape index (κ3) is 3.71. The van der Waals surface area contributed by atoms with Crippen molar-refractivity contribution in [2.75, 3.05) is 0 Å². The van der Waals surface area contributed by atoms with E-state index in [1.165, 1.54) is 5.48 Å². The average Bonchev–Trinajstić information content (AvgIpc) is 2.96. The van der Waals surface area contributed by atoms with Crippen molar-refractivity contribution in [3.05, 3.63) is 71.3 Å². The summed E-state index contributed by atoms with van der Waals surface area (Å²) in [6, 6.07) is 16.6. The first-order chi connectivity index (χ1) is 12.1. The molecule has 1 fully saturated rings.